The molecule has 0 aliphatic rings. The van der Waals surface area contributed by atoms with Gasteiger partial charge in [-0.15, -0.1) is 10.7 Å². The van der Waals surface area contributed by atoms with Crippen molar-refractivity contribution in [3.05, 3.63) is 50.9 Å². The van der Waals surface area contributed by atoms with Gasteiger partial charge in [0.1, 0.15) is 0 Å². The van der Waals surface area contributed by atoms with Crippen LogP contribution in [0.2, 0.25) is 0 Å². The van der Waals surface area contributed by atoms with Crippen LogP contribution >= 0.6 is 0 Å². The minimum Gasteiger partial charge on any atom is -0.444 e. The second-order valence-corrected chi connectivity index (χ2v) is 0.596. The molecule has 0 aromatic heterocycles. The van der Waals surface area contributed by atoms with E-state index in [4.69, 9.17) is 50.9 Å². The van der Waals surface area contributed by atoms with Gasteiger partial charge < -0.3 is 63.2 Å². The molecule has 0 heterocycles. The fourth-order valence-corrected chi connectivity index (χ4v) is 0. The zero-order valence-electron chi connectivity index (χ0n) is 7.96. The normalized spacial score (nSPS) is 4.00. The van der Waals surface area contributed by atoms with E-state index >= 15 is 0 Å². The largest absolute Gasteiger partial charge is 2.00 e. The predicted octanol–water partition coefficient (Wildman–Crippen LogP) is 0.342. The summed E-state index contributed by atoms with van der Waals surface area (Å²) in [6.07, 6.45) is 0. The van der Waals surface area contributed by atoms with Crippen LogP contribution in [0.3, 0.4) is 0 Å². The minimum absolute atomic E-state index is 0. The standard InChI is InChI=1S/2NO3.2HNO2.2H3N.Pt.Ru/c2*2-1(3)4;2*2-1-3;;;;/h;;2*(H,2,3);2*1H3;;/q2*-1;;;;;;+2/p-2. The van der Waals surface area contributed by atoms with Crippen LogP contribution < -0.4 is 12.3 Å². The summed E-state index contributed by atoms with van der Waals surface area (Å²) in [5.41, 5.74) is 0. The van der Waals surface area contributed by atoms with Gasteiger partial charge in [0.2, 0.25) is 0 Å². The molecule has 0 spiro atoms. The van der Waals surface area contributed by atoms with Gasteiger partial charge in [0.05, 0.1) is 10.2 Å². The van der Waals surface area contributed by atoms with E-state index in [1.807, 2.05) is 0 Å². The summed E-state index contributed by atoms with van der Waals surface area (Å²) in [7, 11) is 0. The summed E-state index contributed by atoms with van der Waals surface area (Å²) in [6, 6.07) is 0. The van der Waals surface area contributed by atoms with Crippen LogP contribution in [0.15, 0.2) is 10.7 Å². The van der Waals surface area contributed by atoms with Gasteiger partial charge in [-0.2, -0.15) is 0 Å². The van der Waals surface area contributed by atoms with Crippen LogP contribution in [0.25, 0.3) is 0 Å². The van der Waals surface area contributed by atoms with Gasteiger partial charge in [-0.1, -0.05) is 0 Å². The van der Waals surface area contributed by atoms with Crippen LogP contribution in [0, 0.1) is 50.9 Å². The van der Waals surface area contributed by atoms with Crippen molar-refractivity contribution in [3.63, 3.8) is 0 Å². The summed E-state index contributed by atoms with van der Waals surface area (Å²) in [5.74, 6) is 0. The van der Waals surface area contributed by atoms with Crippen LogP contribution in [0.4, 0.5) is 0 Å². The molecule has 0 saturated heterocycles. The van der Waals surface area contributed by atoms with Gasteiger partial charge in [-0.25, -0.2) is 0 Å². The fourth-order valence-electron chi connectivity index (χ4n) is 0. The average molecular weight is 546 g/mol. The molecule has 0 fully saturated rings. The van der Waals surface area contributed by atoms with E-state index in [2.05, 4.69) is 0 Å². The van der Waals surface area contributed by atoms with E-state index in [-0.39, 0.29) is 52.8 Å². The van der Waals surface area contributed by atoms with Gasteiger partial charge in [0.25, 0.3) is 0 Å². The van der Waals surface area contributed by atoms with E-state index < -0.39 is 10.2 Å². The van der Waals surface area contributed by atoms with Crippen molar-refractivity contribution in [2.45, 2.75) is 0 Å². The molecule has 0 aromatic rings. The van der Waals surface area contributed by atoms with Crippen LogP contribution in [0.1, 0.15) is 0 Å². The van der Waals surface area contributed by atoms with Crippen molar-refractivity contribution >= 4 is 0 Å². The Morgan fingerprint density at radius 1 is 0.722 bits per heavy atom. The number of hydrogen-bond acceptors (Lipinski definition) is 14. The predicted molar refractivity (Wildman–Crippen MR) is 49.1 cm³/mol. The summed E-state index contributed by atoms with van der Waals surface area (Å²) >= 11 is 0. The van der Waals surface area contributed by atoms with E-state index in [9.17, 15) is 0 Å². The summed E-state index contributed by atoms with van der Waals surface area (Å²) in [6.45, 7) is 0. The maximum Gasteiger partial charge on any atom is 2.00 e. The monoisotopic (exact) mass is 547 g/mol. The van der Waals surface area contributed by atoms with Gasteiger partial charge in [-0.05, 0) is 0 Å². The molecule has 6 N–H and O–H groups in total. The Balaban J connectivity index is -0.0000000116. The van der Waals surface area contributed by atoms with Crippen molar-refractivity contribution in [1.82, 2.24) is 12.3 Å². The maximum atomic E-state index is 8.25. The Morgan fingerprint density at radius 3 is 0.722 bits per heavy atom. The molecule has 116 valence electrons. The van der Waals surface area contributed by atoms with Gasteiger partial charge in [-0.3, -0.25) is 0 Å². The summed E-state index contributed by atoms with van der Waals surface area (Å²) in [5, 5.41) is 47.5. The molecule has 0 rings (SSSR count). The molecule has 0 aliphatic heterocycles. The third-order valence-electron chi connectivity index (χ3n) is 0. The number of nitrogens with zero attached hydrogens (tertiary/aromatic N) is 4. The molecular formula is H6N6O10PtRu-2. The SMILES string of the molecule is N.N.O=N[O-].O=N[O-].O=[N+]([O-])[O-].O=[N+]([O-])[O-].[Pt].[Ru+2]. The molecule has 0 aliphatic carbocycles. The van der Waals surface area contributed by atoms with Crippen molar-refractivity contribution in [1.29, 1.82) is 0 Å². The molecule has 18 heavy (non-hydrogen) atoms. The topological polar surface area (TPSA) is 307 Å². The Hall–Kier alpha value is -1.57. The molecule has 16 nitrogen and oxygen atoms in total. The zero-order valence-corrected chi connectivity index (χ0v) is 12.0. The molecule has 0 bridgehead atoms. The molecular weight excluding hydrogens is 540 g/mol. The van der Waals surface area contributed by atoms with E-state index in [1.165, 1.54) is 0 Å². The zero-order chi connectivity index (χ0) is 12.6. The quantitative estimate of drug-likeness (QED) is 0.180. The summed E-state index contributed by atoms with van der Waals surface area (Å²) in [4.78, 5) is 32.5. The van der Waals surface area contributed by atoms with Gasteiger partial charge in [0.15, 0.2) is 0 Å². The Labute approximate surface area is 125 Å². The van der Waals surface area contributed by atoms with Crippen molar-refractivity contribution in [2.75, 3.05) is 0 Å². The van der Waals surface area contributed by atoms with Gasteiger partial charge in [0, 0.05) is 21.1 Å². The van der Waals surface area contributed by atoms with E-state index in [1.54, 1.807) is 0 Å². The average Bonchev–Trinajstić information content (AvgIpc) is 1.85. The fraction of sp³-hybridized carbons (Fsp3) is 0. The van der Waals surface area contributed by atoms with E-state index in [0.717, 1.165) is 10.7 Å². The molecule has 0 atom stereocenters. The second kappa shape index (κ2) is 77.7. The van der Waals surface area contributed by atoms with Crippen LogP contribution in [-0.2, 0) is 40.5 Å². The van der Waals surface area contributed by atoms with Crippen molar-refractivity contribution < 1.29 is 50.7 Å². The number of rotatable bonds is 0. The second-order valence-electron chi connectivity index (χ2n) is 0.596. The Morgan fingerprint density at radius 2 is 0.722 bits per heavy atom. The van der Waals surface area contributed by atoms with Crippen LogP contribution in [0.5, 0.6) is 0 Å². The smallest absolute Gasteiger partial charge is 0.444 e. The first-order chi connectivity index (χ1) is 6.29. The minimum atomic E-state index is -1.75. The third-order valence-corrected chi connectivity index (χ3v) is 0. The molecule has 0 unspecified atom stereocenters. The molecule has 0 aromatic carbocycles. The van der Waals surface area contributed by atoms with Gasteiger partial charge >= 0.3 is 19.5 Å². The maximum absolute atomic E-state index is 8.25. The molecule has 0 amide bonds. The first kappa shape index (κ1) is 55.0. The Kier molecular flexibility index (Phi) is 238. The summed E-state index contributed by atoms with van der Waals surface area (Å²) < 4.78 is 0. The number of hydrogen-bond donors (Lipinski definition) is 2. The third kappa shape index (κ3) is 1060. The Bertz CT molecular complexity index is 138. The van der Waals surface area contributed by atoms with Crippen molar-refractivity contribution in [3.8, 4) is 0 Å². The molecule has 0 saturated carbocycles. The first-order valence-electron chi connectivity index (χ1n) is 1.83. The van der Waals surface area contributed by atoms with E-state index in [0.29, 0.717) is 0 Å². The van der Waals surface area contributed by atoms with Crippen LogP contribution in [-0.4, -0.2) is 10.2 Å². The first-order valence-corrected chi connectivity index (χ1v) is 1.83. The van der Waals surface area contributed by atoms with Crippen molar-refractivity contribution in [2.24, 2.45) is 10.7 Å². The molecule has 18 heteroatoms. The molecule has 0 radical (unpaired) electrons.